The van der Waals surface area contributed by atoms with Gasteiger partial charge in [0.05, 0.1) is 12.6 Å². The summed E-state index contributed by atoms with van der Waals surface area (Å²) in [7, 11) is 1.65. The number of hydrogen-bond donors (Lipinski definition) is 2. The number of aryl methyl sites for hydroxylation is 1. The summed E-state index contributed by atoms with van der Waals surface area (Å²) < 4.78 is 5.09. The van der Waals surface area contributed by atoms with E-state index in [-0.39, 0.29) is 12.6 Å². The first-order valence-electron chi connectivity index (χ1n) is 5.97. The lowest BCUT2D eigenvalue weighted by Crippen LogP contribution is -2.26. The van der Waals surface area contributed by atoms with Crippen molar-refractivity contribution in [2.45, 2.75) is 32.2 Å². The highest BCUT2D eigenvalue weighted by Crippen LogP contribution is 2.09. The molecule has 0 fully saturated rings. The lowest BCUT2D eigenvalue weighted by Gasteiger charge is -2.17. The van der Waals surface area contributed by atoms with Crippen LogP contribution in [0.15, 0.2) is 12.4 Å². The van der Waals surface area contributed by atoms with Crippen LogP contribution < -0.4 is 5.32 Å². The van der Waals surface area contributed by atoms with E-state index in [2.05, 4.69) is 22.2 Å². The predicted molar refractivity (Wildman–Crippen MR) is 67.0 cm³/mol. The molecule has 2 N–H and O–H groups in total. The number of nitrogens with zero attached hydrogens (tertiary/aromatic N) is 2. The van der Waals surface area contributed by atoms with Crippen LogP contribution >= 0.6 is 0 Å². The van der Waals surface area contributed by atoms with E-state index in [0.717, 1.165) is 24.4 Å². The number of aliphatic hydroxyl groups is 1. The van der Waals surface area contributed by atoms with Crippen molar-refractivity contribution in [3.05, 3.63) is 18.1 Å². The van der Waals surface area contributed by atoms with Gasteiger partial charge in [0.2, 0.25) is 0 Å². The number of ether oxygens (including phenoxy) is 1. The van der Waals surface area contributed by atoms with E-state index in [1.807, 2.05) is 6.07 Å². The van der Waals surface area contributed by atoms with Gasteiger partial charge >= 0.3 is 0 Å². The largest absolute Gasteiger partial charge is 0.396 e. The minimum absolute atomic E-state index is 0.0781. The molecule has 0 radical (unpaired) electrons. The molecule has 0 bridgehead atoms. The fourth-order valence-corrected chi connectivity index (χ4v) is 1.63. The summed E-state index contributed by atoms with van der Waals surface area (Å²) in [6, 6.07) is 2.03. The molecule has 1 aromatic heterocycles. The zero-order chi connectivity index (χ0) is 12.5. The van der Waals surface area contributed by atoms with Gasteiger partial charge in [0.1, 0.15) is 12.1 Å². The zero-order valence-electron chi connectivity index (χ0n) is 10.5. The monoisotopic (exact) mass is 239 g/mol. The van der Waals surface area contributed by atoms with Crippen molar-refractivity contribution in [2.24, 2.45) is 0 Å². The summed E-state index contributed by atoms with van der Waals surface area (Å²) in [5, 5.41) is 12.2. The Morgan fingerprint density at radius 3 is 2.94 bits per heavy atom. The number of aliphatic hydroxyl groups excluding tert-OH is 1. The normalized spacial score (nSPS) is 12.4. The Morgan fingerprint density at radius 1 is 1.47 bits per heavy atom. The van der Waals surface area contributed by atoms with E-state index in [4.69, 9.17) is 9.84 Å². The van der Waals surface area contributed by atoms with E-state index in [9.17, 15) is 0 Å². The third-order valence-electron chi connectivity index (χ3n) is 2.43. The molecule has 1 unspecified atom stereocenters. The molecule has 1 heterocycles. The molecule has 0 saturated heterocycles. The molecule has 0 aliphatic rings. The van der Waals surface area contributed by atoms with E-state index in [1.165, 1.54) is 0 Å². The zero-order valence-corrected chi connectivity index (χ0v) is 10.5. The second-order valence-corrected chi connectivity index (χ2v) is 3.95. The van der Waals surface area contributed by atoms with Gasteiger partial charge in [-0.3, -0.25) is 0 Å². The minimum Gasteiger partial charge on any atom is -0.396 e. The number of aromatic nitrogens is 2. The SMILES string of the molecule is CCCc1cc(NC(CCO)COC)ncn1. The summed E-state index contributed by atoms with van der Waals surface area (Å²) in [5.74, 6) is 0.791. The highest BCUT2D eigenvalue weighted by molar-refractivity contribution is 5.36. The standard InChI is InChI=1S/C12H21N3O2/c1-3-4-10-7-12(14-9-13-10)15-11(5-6-16)8-17-2/h7,9,11,16H,3-6,8H2,1-2H3,(H,13,14,15). The van der Waals surface area contributed by atoms with Crippen molar-refractivity contribution in [2.75, 3.05) is 25.6 Å². The second kappa shape index (κ2) is 7.97. The molecule has 0 saturated carbocycles. The van der Waals surface area contributed by atoms with Crippen molar-refractivity contribution < 1.29 is 9.84 Å². The molecule has 1 aromatic rings. The maximum atomic E-state index is 8.95. The molecule has 1 rings (SSSR count). The average Bonchev–Trinajstić information content (AvgIpc) is 2.30. The Labute approximate surface area is 102 Å². The van der Waals surface area contributed by atoms with Crippen molar-refractivity contribution >= 4 is 5.82 Å². The molecule has 96 valence electrons. The summed E-state index contributed by atoms with van der Waals surface area (Å²) in [6.07, 6.45) is 4.22. The van der Waals surface area contributed by atoms with Crippen LogP contribution in [0.5, 0.6) is 0 Å². The molecule has 0 spiro atoms. The second-order valence-electron chi connectivity index (χ2n) is 3.95. The molecule has 17 heavy (non-hydrogen) atoms. The van der Waals surface area contributed by atoms with Crippen LogP contribution in [0.2, 0.25) is 0 Å². The van der Waals surface area contributed by atoms with Crippen molar-refractivity contribution in [3.63, 3.8) is 0 Å². The Morgan fingerprint density at radius 2 is 2.29 bits per heavy atom. The first-order valence-corrected chi connectivity index (χ1v) is 5.97. The maximum absolute atomic E-state index is 8.95. The number of rotatable bonds is 8. The van der Waals surface area contributed by atoms with E-state index >= 15 is 0 Å². The molecule has 0 amide bonds. The Balaban J connectivity index is 2.60. The van der Waals surface area contributed by atoms with Gasteiger partial charge in [0.15, 0.2) is 0 Å². The highest BCUT2D eigenvalue weighted by Gasteiger charge is 2.08. The average molecular weight is 239 g/mol. The third kappa shape index (κ3) is 5.10. The van der Waals surface area contributed by atoms with E-state index in [0.29, 0.717) is 13.0 Å². The fraction of sp³-hybridized carbons (Fsp3) is 0.667. The van der Waals surface area contributed by atoms with E-state index in [1.54, 1.807) is 13.4 Å². The quantitative estimate of drug-likeness (QED) is 0.714. The summed E-state index contributed by atoms with van der Waals surface area (Å²) >= 11 is 0. The number of methoxy groups -OCH3 is 1. The summed E-state index contributed by atoms with van der Waals surface area (Å²) in [4.78, 5) is 8.36. The van der Waals surface area contributed by atoms with Crippen LogP contribution in [-0.2, 0) is 11.2 Å². The molecule has 0 aliphatic heterocycles. The van der Waals surface area contributed by atoms with Crippen LogP contribution in [0.3, 0.4) is 0 Å². The van der Waals surface area contributed by atoms with Gasteiger partial charge in [0.25, 0.3) is 0 Å². The fourth-order valence-electron chi connectivity index (χ4n) is 1.63. The summed E-state index contributed by atoms with van der Waals surface area (Å²) in [6.45, 7) is 2.80. The van der Waals surface area contributed by atoms with Gasteiger partial charge in [-0.1, -0.05) is 13.3 Å². The topological polar surface area (TPSA) is 67.3 Å². The molecule has 0 aliphatic carbocycles. The lowest BCUT2D eigenvalue weighted by molar-refractivity contribution is 0.170. The minimum atomic E-state index is 0.0781. The molecule has 1 atom stereocenters. The van der Waals surface area contributed by atoms with Crippen LogP contribution in [-0.4, -0.2) is 41.4 Å². The smallest absolute Gasteiger partial charge is 0.129 e. The van der Waals surface area contributed by atoms with Crippen LogP contribution in [0.1, 0.15) is 25.5 Å². The number of nitrogens with one attached hydrogen (secondary N) is 1. The van der Waals surface area contributed by atoms with Gasteiger partial charge in [-0.25, -0.2) is 9.97 Å². The Kier molecular flexibility index (Phi) is 6.50. The molecular weight excluding hydrogens is 218 g/mol. The summed E-state index contributed by atoms with van der Waals surface area (Å²) in [5.41, 5.74) is 1.03. The van der Waals surface area contributed by atoms with Gasteiger partial charge in [0, 0.05) is 25.5 Å². The molecular formula is C12H21N3O2. The van der Waals surface area contributed by atoms with Crippen LogP contribution in [0.4, 0.5) is 5.82 Å². The van der Waals surface area contributed by atoms with Crippen LogP contribution in [0.25, 0.3) is 0 Å². The molecule has 5 nitrogen and oxygen atoms in total. The Bertz CT molecular complexity index is 314. The van der Waals surface area contributed by atoms with Gasteiger partial charge < -0.3 is 15.2 Å². The van der Waals surface area contributed by atoms with Gasteiger partial charge in [-0.2, -0.15) is 0 Å². The first-order chi connectivity index (χ1) is 8.30. The Hall–Kier alpha value is -1.20. The maximum Gasteiger partial charge on any atom is 0.129 e. The first kappa shape index (κ1) is 13.9. The highest BCUT2D eigenvalue weighted by atomic mass is 16.5. The van der Waals surface area contributed by atoms with Crippen molar-refractivity contribution in [3.8, 4) is 0 Å². The number of hydrogen-bond acceptors (Lipinski definition) is 5. The molecule has 0 aromatic carbocycles. The van der Waals surface area contributed by atoms with Gasteiger partial charge in [-0.05, 0) is 12.8 Å². The van der Waals surface area contributed by atoms with Crippen molar-refractivity contribution in [1.82, 2.24) is 9.97 Å². The third-order valence-corrected chi connectivity index (χ3v) is 2.43. The van der Waals surface area contributed by atoms with Crippen LogP contribution in [0, 0.1) is 0 Å². The number of anilines is 1. The van der Waals surface area contributed by atoms with Gasteiger partial charge in [-0.15, -0.1) is 0 Å². The van der Waals surface area contributed by atoms with E-state index < -0.39 is 0 Å². The predicted octanol–water partition coefficient (Wildman–Crippen LogP) is 1.24. The lowest BCUT2D eigenvalue weighted by atomic mass is 10.2. The van der Waals surface area contributed by atoms with Crippen molar-refractivity contribution in [1.29, 1.82) is 0 Å². The molecule has 5 heteroatoms.